The largest absolute Gasteiger partial charge is 0.328 e. The topological polar surface area (TPSA) is 43.1 Å². The zero-order valence-electron chi connectivity index (χ0n) is 8.98. The maximum absolute atomic E-state index is 12.2. The van der Waals surface area contributed by atoms with Crippen LogP contribution in [0.5, 0.6) is 0 Å². The second-order valence-electron chi connectivity index (χ2n) is 4.31. The average Bonchev–Trinajstić information content (AvgIpc) is 2.64. The Labute approximate surface area is 93.3 Å². The third-order valence-corrected chi connectivity index (χ3v) is 4.70. The van der Waals surface area contributed by atoms with Gasteiger partial charge in [0.25, 0.3) is 0 Å². The Morgan fingerprint density at radius 2 is 2.20 bits per heavy atom. The van der Waals surface area contributed by atoms with E-state index < -0.39 is 10.8 Å². The number of aryl methyl sites for hydroxylation is 1. The van der Waals surface area contributed by atoms with E-state index in [4.69, 9.17) is 5.73 Å². The molecule has 3 atom stereocenters. The van der Waals surface area contributed by atoms with Crippen LogP contribution < -0.4 is 5.73 Å². The van der Waals surface area contributed by atoms with Crippen molar-refractivity contribution in [2.75, 3.05) is 0 Å². The standard InChI is InChI=1S/C12H17NOS/c1-9-3-2-4-11(7-9)15(14)12-6-5-10(13)8-12/h2-4,7,10,12H,5-6,8,13H2,1H3. The quantitative estimate of drug-likeness (QED) is 0.833. The minimum absolute atomic E-state index is 0.253. The number of rotatable bonds is 2. The fourth-order valence-electron chi connectivity index (χ4n) is 2.10. The third-order valence-electron chi connectivity index (χ3n) is 2.95. The summed E-state index contributed by atoms with van der Waals surface area (Å²) in [6, 6.07) is 8.22. The lowest BCUT2D eigenvalue weighted by Gasteiger charge is -2.09. The second-order valence-corrected chi connectivity index (χ2v) is 6.04. The van der Waals surface area contributed by atoms with Gasteiger partial charge in [0.05, 0.1) is 10.8 Å². The Bertz CT molecular complexity index is 378. The fourth-order valence-corrected chi connectivity index (χ4v) is 3.77. The highest BCUT2D eigenvalue weighted by Crippen LogP contribution is 2.26. The predicted octanol–water partition coefficient (Wildman–Crippen LogP) is 1.98. The van der Waals surface area contributed by atoms with Crippen molar-refractivity contribution >= 4 is 10.8 Å². The van der Waals surface area contributed by atoms with E-state index in [-0.39, 0.29) is 11.3 Å². The Balaban J connectivity index is 2.14. The summed E-state index contributed by atoms with van der Waals surface area (Å²) >= 11 is 0. The van der Waals surface area contributed by atoms with Gasteiger partial charge in [-0.25, -0.2) is 0 Å². The predicted molar refractivity (Wildman–Crippen MR) is 63.2 cm³/mol. The summed E-state index contributed by atoms with van der Waals surface area (Å²) in [5, 5.41) is 0.266. The number of nitrogens with two attached hydrogens (primary N) is 1. The second kappa shape index (κ2) is 4.45. The van der Waals surface area contributed by atoms with Crippen molar-refractivity contribution in [2.45, 2.75) is 42.4 Å². The molecule has 0 aromatic heterocycles. The molecule has 1 aromatic carbocycles. The first kappa shape index (κ1) is 10.8. The van der Waals surface area contributed by atoms with E-state index in [1.807, 2.05) is 31.2 Å². The molecule has 0 spiro atoms. The van der Waals surface area contributed by atoms with Crippen molar-refractivity contribution in [3.63, 3.8) is 0 Å². The van der Waals surface area contributed by atoms with Crippen molar-refractivity contribution in [1.82, 2.24) is 0 Å². The number of hydrogen-bond donors (Lipinski definition) is 1. The van der Waals surface area contributed by atoms with Gasteiger partial charge in [-0.3, -0.25) is 4.21 Å². The van der Waals surface area contributed by atoms with E-state index >= 15 is 0 Å². The molecule has 2 N–H and O–H groups in total. The van der Waals surface area contributed by atoms with E-state index in [1.54, 1.807) is 0 Å². The first-order chi connectivity index (χ1) is 7.16. The minimum Gasteiger partial charge on any atom is -0.328 e. The van der Waals surface area contributed by atoms with Crippen LogP contribution in [0.25, 0.3) is 0 Å². The molecule has 0 bridgehead atoms. The van der Waals surface area contributed by atoms with Crippen molar-refractivity contribution < 1.29 is 4.21 Å². The molecule has 0 heterocycles. The maximum Gasteiger partial charge on any atom is 0.0561 e. The monoisotopic (exact) mass is 223 g/mol. The van der Waals surface area contributed by atoms with Crippen LogP contribution in [0.3, 0.4) is 0 Å². The first-order valence-electron chi connectivity index (χ1n) is 5.39. The van der Waals surface area contributed by atoms with Gasteiger partial charge in [0.1, 0.15) is 0 Å². The summed E-state index contributed by atoms with van der Waals surface area (Å²) in [5.74, 6) is 0. The van der Waals surface area contributed by atoms with Gasteiger partial charge in [-0.05, 0) is 43.9 Å². The summed E-state index contributed by atoms with van der Waals surface area (Å²) in [6.07, 6.45) is 2.92. The van der Waals surface area contributed by atoms with Crippen LogP contribution in [0, 0.1) is 6.92 Å². The van der Waals surface area contributed by atoms with Gasteiger partial charge >= 0.3 is 0 Å². The molecule has 3 heteroatoms. The Morgan fingerprint density at radius 1 is 1.40 bits per heavy atom. The molecule has 15 heavy (non-hydrogen) atoms. The molecular weight excluding hydrogens is 206 g/mol. The molecule has 0 aliphatic heterocycles. The summed E-state index contributed by atoms with van der Waals surface area (Å²) in [4.78, 5) is 0.953. The molecule has 1 saturated carbocycles. The van der Waals surface area contributed by atoms with Gasteiger partial charge in [0.2, 0.25) is 0 Å². The zero-order valence-corrected chi connectivity index (χ0v) is 9.80. The molecule has 82 valence electrons. The zero-order chi connectivity index (χ0) is 10.8. The molecule has 1 aliphatic carbocycles. The van der Waals surface area contributed by atoms with Gasteiger partial charge < -0.3 is 5.73 Å². The Morgan fingerprint density at radius 3 is 2.80 bits per heavy atom. The first-order valence-corrected chi connectivity index (χ1v) is 6.61. The van der Waals surface area contributed by atoms with Crippen LogP contribution in [0.1, 0.15) is 24.8 Å². The molecular formula is C12H17NOS. The lowest BCUT2D eigenvalue weighted by molar-refractivity contribution is 0.664. The molecule has 0 radical (unpaired) electrons. The van der Waals surface area contributed by atoms with Crippen LogP contribution in [0.15, 0.2) is 29.2 Å². The summed E-state index contributed by atoms with van der Waals surface area (Å²) < 4.78 is 12.2. The van der Waals surface area contributed by atoms with E-state index in [0.29, 0.717) is 0 Å². The molecule has 1 aromatic rings. The molecule has 0 amide bonds. The van der Waals surface area contributed by atoms with E-state index in [1.165, 1.54) is 5.56 Å². The van der Waals surface area contributed by atoms with Gasteiger partial charge in [0, 0.05) is 16.2 Å². The van der Waals surface area contributed by atoms with Gasteiger partial charge in [-0.15, -0.1) is 0 Å². The van der Waals surface area contributed by atoms with E-state index in [0.717, 1.165) is 24.2 Å². The number of hydrogen-bond acceptors (Lipinski definition) is 2. The summed E-state index contributed by atoms with van der Waals surface area (Å²) in [5.41, 5.74) is 7.01. The molecule has 1 aliphatic rings. The SMILES string of the molecule is Cc1cccc(S(=O)C2CCC(N)C2)c1. The molecule has 3 unspecified atom stereocenters. The molecule has 2 rings (SSSR count). The Kier molecular flexibility index (Phi) is 3.22. The fraction of sp³-hybridized carbons (Fsp3) is 0.500. The molecule has 1 fully saturated rings. The maximum atomic E-state index is 12.2. The van der Waals surface area contributed by atoms with Crippen LogP contribution in [0.4, 0.5) is 0 Å². The van der Waals surface area contributed by atoms with E-state index in [9.17, 15) is 4.21 Å². The smallest absolute Gasteiger partial charge is 0.0561 e. The van der Waals surface area contributed by atoms with Crippen molar-refractivity contribution in [3.05, 3.63) is 29.8 Å². The number of benzene rings is 1. The minimum atomic E-state index is -0.870. The third kappa shape index (κ3) is 2.47. The average molecular weight is 223 g/mol. The van der Waals surface area contributed by atoms with Crippen LogP contribution in [0.2, 0.25) is 0 Å². The van der Waals surface area contributed by atoms with Crippen molar-refractivity contribution in [3.8, 4) is 0 Å². The van der Waals surface area contributed by atoms with Gasteiger partial charge in [-0.2, -0.15) is 0 Å². The lowest BCUT2D eigenvalue weighted by atomic mass is 10.2. The highest BCUT2D eigenvalue weighted by molar-refractivity contribution is 7.85. The van der Waals surface area contributed by atoms with Crippen molar-refractivity contribution in [1.29, 1.82) is 0 Å². The lowest BCUT2D eigenvalue weighted by Crippen LogP contribution is -2.18. The van der Waals surface area contributed by atoms with Crippen LogP contribution >= 0.6 is 0 Å². The highest BCUT2D eigenvalue weighted by Gasteiger charge is 2.27. The van der Waals surface area contributed by atoms with Crippen LogP contribution in [-0.4, -0.2) is 15.5 Å². The van der Waals surface area contributed by atoms with Crippen molar-refractivity contribution in [2.24, 2.45) is 5.73 Å². The summed E-state index contributed by atoms with van der Waals surface area (Å²) in [7, 11) is -0.870. The molecule has 0 saturated heterocycles. The highest BCUT2D eigenvalue weighted by atomic mass is 32.2. The van der Waals surface area contributed by atoms with Crippen LogP contribution in [-0.2, 0) is 10.8 Å². The van der Waals surface area contributed by atoms with Gasteiger partial charge in [-0.1, -0.05) is 12.1 Å². The summed E-state index contributed by atoms with van der Waals surface area (Å²) in [6.45, 7) is 2.03. The van der Waals surface area contributed by atoms with E-state index in [2.05, 4.69) is 0 Å². The Hall–Kier alpha value is -0.670. The molecule has 2 nitrogen and oxygen atoms in total. The van der Waals surface area contributed by atoms with Gasteiger partial charge in [0.15, 0.2) is 0 Å². The normalized spacial score (nSPS) is 27.9.